The van der Waals surface area contributed by atoms with Crippen molar-refractivity contribution in [3.63, 3.8) is 0 Å². The number of unbranched alkanes of at least 4 members (excludes halogenated alkanes) is 1. The summed E-state index contributed by atoms with van der Waals surface area (Å²) in [7, 11) is 0. The van der Waals surface area contributed by atoms with E-state index in [1.165, 1.54) is 0 Å². The van der Waals surface area contributed by atoms with Gasteiger partial charge in [-0.1, -0.05) is 80.9 Å². The van der Waals surface area contributed by atoms with Gasteiger partial charge in [-0.25, -0.2) is 0 Å². The summed E-state index contributed by atoms with van der Waals surface area (Å²) in [6, 6.07) is 19.1. The van der Waals surface area contributed by atoms with Gasteiger partial charge in [-0.3, -0.25) is 9.59 Å². The molecular weight excluding hydrogens is 336 g/mol. The van der Waals surface area contributed by atoms with Gasteiger partial charge in [0.1, 0.15) is 6.04 Å². The Kier molecular flexibility index (Phi) is 8.56. The van der Waals surface area contributed by atoms with Crippen LogP contribution in [0.5, 0.6) is 0 Å². The lowest BCUT2D eigenvalue weighted by Gasteiger charge is -2.30. The fourth-order valence-electron chi connectivity index (χ4n) is 3.08. The molecule has 0 bridgehead atoms. The van der Waals surface area contributed by atoms with Gasteiger partial charge in [-0.15, -0.1) is 0 Å². The molecule has 1 atom stereocenters. The molecule has 2 amide bonds. The maximum atomic E-state index is 13.1. The summed E-state index contributed by atoms with van der Waals surface area (Å²) in [5.74, 6) is -0.0918. The second kappa shape index (κ2) is 11.2. The Bertz CT molecular complexity index is 701. The van der Waals surface area contributed by atoms with Crippen molar-refractivity contribution in [1.29, 1.82) is 0 Å². The first-order valence-electron chi connectivity index (χ1n) is 9.80. The lowest BCUT2D eigenvalue weighted by atomic mass is 10.1. The van der Waals surface area contributed by atoms with Crippen molar-refractivity contribution in [2.75, 3.05) is 6.54 Å². The van der Waals surface area contributed by atoms with Crippen LogP contribution in [-0.2, 0) is 22.6 Å². The van der Waals surface area contributed by atoms with Gasteiger partial charge in [0, 0.05) is 13.1 Å². The molecule has 0 spiro atoms. The number of carbonyl (C=O) groups is 2. The van der Waals surface area contributed by atoms with Crippen molar-refractivity contribution >= 4 is 11.8 Å². The molecule has 2 aromatic carbocycles. The molecule has 1 N–H and O–H groups in total. The third-order valence-corrected chi connectivity index (χ3v) is 4.61. The maximum absolute atomic E-state index is 13.1. The van der Waals surface area contributed by atoms with E-state index in [0.29, 0.717) is 25.9 Å². The van der Waals surface area contributed by atoms with Crippen LogP contribution >= 0.6 is 0 Å². The third-order valence-electron chi connectivity index (χ3n) is 4.61. The number of hydrogen-bond donors (Lipinski definition) is 1. The summed E-state index contributed by atoms with van der Waals surface area (Å²) >= 11 is 0. The molecule has 27 heavy (non-hydrogen) atoms. The van der Waals surface area contributed by atoms with E-state index in [9.17, 15) is 9.59 Å². The molecule has 0 heterocycles. The van der Waals surface area contributed by atoms with Crippen LogP contribution in [-0.4, -0.2) is 29.3 Å². The number of nitrogens with one attached hydrogen (secondary N) is 1. The molecule has 0 radical (unpaired) electrons. The molecular formula is C23H30N2O2. The van der Waals surface area contributed by atoms with E-state index in [0.717, 1.165) is 24.0 Å². The van der Waals surface area contributed by atoms with Crippen molar-refractivity contribution in [3.8, 4) is 0 Å². The van der Waals surface area contributed by atoms with Crippen molar-refractivity contribution in [2.24, 2.45) is 0 Å². The number of hydrogen-bond acceptors (Lipinski definition) is 2. The van der Waals surface area contributed by atoms with Crippen LogP contribution in [0, 0.1) is 0 Å². The van der Waals surface area contributed by atoms with E-state index in [2.05, 4.69) is 12.2 Å². The zero-order valence-electron chi connectivity index (χ0n) is 16.4. The molecule has 0 aromatic heterocycles. The van der Waals surface area contributed by atoms with E-state index in [4.69, 9.17) is 0 Å². The first kappa shape index (κ1) is 20.7. The Hall–Kier alpha value is -2.62. The number of carbonyl (C=O) groups excluding carboxylic acids is 2. The Labute approximate surface area is 162 Å². The summed E-state index contributed by atoms with van der Waals surface area (Å²) < 4.78 is 0. The minimum atomic E-state index is -0.460. The molecule has 4 nitrogen and oxygen atoms in total. The maximum Gasteiger partial charge on any atom is 0.242 e. The van der Waals surface area contributed by atoms with Crippen LogP contribution in [0.1, 0.15) is 44.2 Å². The Morgan fingerprint density at radius 1 is 0.926 bits per heavy atom. The van der Waals surface area contributed by atoms with Crippen LogP contribution in [0.2, 0.25) is 0 Å². The fraction of sp³-hybridized carbons (Fsp3) is 0.391. The van der Waals surface area contributed by atoms with Crippen LogP contribution < -0.4 is 5.32 Å². The van der Waals surface area contributed by atoms with E-state index in [-0.39, 0.29) is 11.8 Å². The summed E-state index contributed by atoms with van der Waals surface area (Å²) in [6.07, 6.45) is 2.86. The lowest BCUT2D eigenvalue weighted by molar-refractivity contribution is -0.140. The van der Waals surface area contributed by atoms with E-state index < -0.39 is 6.04 Å². The van der Waals surface area contributed by atoms with Crippen LogP contribution in [0.25, 0.3) is 0 Å². The molecule has 4 heteroatoms. The monoisotopic (exact) mass is 366 g/mol. The van der Waals surface area contributed by atoms with E-state index >= 15 is 0 Å². The highest BCUT2D eigenvalue weighted by molar-refractivity contribution is 5.88. The number of benzene rings is 2. The number of rotatable bonds is 10. The Morgan fingerprint density at radius 3 is 2.07 bits per heavy atom. The third kappa shape index (κ3) is 6.55. The first-order valence-corrected chi connectivity index (χ1v) is 9.80. The average molecular weight is 367 g/mol. The zero-order valence-corrected chi connectivity index (χ0v) is 16.4. The van der Waals surface area contributed by atoms with Crippen LogP contribution in [0.4, 0.5) is 0 Å². The van der Waals surface area contributed by atoms with Gasteiger partial charge in [0.05, 0.1) is 6.42 Å². The van der Waals surface area contributed by atoms with Gasteiger partial charge in [0.25, 0.3) is 0 Å². The fourth-order valence-corrected chi connectivity index (χ4v) is 3.08. The molecule has 0 unspecified atom stereocenters. The predicted octanol–water partition coefficient (Wildman–Crippen LogP) is 3.95. The second-order valence-electron chi connectivity index (χ2n) is 6.74. The second-order valence-corrected chi connectivity index (χ2v) is 6.74. The highest BCUT2D eigenvalue weighted by Gasteiger charge is 2.28. The summed E-state index contributed by atoms with van der Waals surface area (Å²) in [5.41, 5.74) is 1.99. The van der Waals surface area contributed by atoms with Crippen LogP contribution in [0.3, 0.4) is 0 Å². The van der Waals surface area contributed by atoms with Crippen molar-refractivity contribution in [2.45, 2.75) is 52.1 Å². The zero-order chi connectivity index (χ0) is 19.5. The van der Waals surface area contributed by atoms with Gasteiger partial charge in [-0.2, -0.15) is 0 Å². The molecule has 0 saturated heterocycles. The van der Waals surface area contributed by atoms with Crippen molar-refractivity contribution in [1.82, 2.24) is 10.2 Å². The molecule has 0 saturated carbocycles. The summed E-state index contributed by atoms with van der Waals surface area (Å²) in [4.78, 5) is 27.6. The van der Waals surface area contributed by atoms with Crippen LogP contribution in [0.15, 0.2) is 60.7 Å². The average Bonchev–Trinajstić information content (AvgIpc) is 2.69. The number of amides is 2. The van der Waals surface area contributed by atoms with Gasteiger partial charge in [-0.05, 0) is 24.0 Å². The van der Waals surface area contributed by atoms with Gasteiger partial charge >= 0.3 is 0 Å². The summed E-state index contributed by atoms with van der Waals surface area (Å²) in [5, 5.41) is 2.99. The quantitative estimate of drug-likeness (QED) is 0.647. The smallest absolute Gasteiger partial charge is 0.242 e. The SMILES string of the molecule is CCCCNC(=O)[C@H](CC)N(Cc1ccccc1)C(=O)Cc1ccccc1. The van der Waals surface area contributed by atoms with Gasteiger partial charge in [0.2, 0.25) is 11.8 Å². The summed E-state index contributed by atoms with van der Waals surface area (Å²) in [6.45, 7) is 5.14. The van der Waals surface area contributed by atoms with E-state index in [1.54, 1.807) is 4.90 Å². The molecule has 0 fully saturated rings. The largest absolute Gasteiger partial charge is 0.354 e. The van der Waals surface area contributed by atoms with Gasteiger partial charge < -0.3 is 10.2 Å². The highest BCUT2D eigenvalue weighted by Crippen LogP contribution is 2.14. The molecule has 0 aliphatic rings. The minimum absolute atomic E-state index is 0.0254. The van der Waals surface area contributed by atoms with Crippen molar-refractivity contribution in [3.05, 3.63) is 71.8 Å². The van der Waals surface area contributed by atoms with Crippen molar-refractivity contribution < 1.29 is 9.59 Å². The minimum Gasteiger partial charge on any atom is -0.354 e. The molecule has 2 aromatic rings. The highest BCUT2D eigenvalue weighted by atomic mass is 16.2. The Balaban J connectivity index is 2.18. The predicted molar refractivity (Wildman–Crippen MR) is 109 cm³/mol. The molecule has 0 aliphatic carbocycles. The lowest BCUT2D eigenvalue weighted by Crippen LogP contribution is -2.49. The van der Waals surface area contributed by atoms with Gasteiger partial charge in [0.15, 0.2) is 0 Å². The first-order chi connectivity index (χ1) is 13.2. The van der Waals surface area contributed by atoms with E-state index in [1.807, 2.05) is 67.6 Å². The standard InChI is InChI=1S/C23H30N2O2/c1-3-5-16-24-23(27)21(4-2)25(18-20-14-10-7-11-15-20)22(26)17-19-12-8-6-9-13-19/h6-15,21H,3-5,16-18H2,1-2H3,(H,24,27)/t21-/m0/s1. The number of nitrogens with zero attached hydrogens (tertiary/aromatic N) is 1. The molecule has 144 valence electrons. The topological polar surface area (TPSA) is 49.4 Å². The molecule has 0 aliphatic heterocycles. The Morgan fingerprint density at radius 2 is 1.52 bits per heavy atom. The normalized spacial score (nSPS) is 11.6. The molecule has 2 rings (SSSR count).